The van der Waals surface area contributed by atoms with Gasteiger partial charge in [0.2, 0.25) is 5.91 Å². The maximum Gasteiger partial charge on any atom is 0.319 e. The Hall–Kier alpha value is -3.07. The number of anilines is 1. The number of hydrogen-bond acceptors (Lipinski definition) is 4. The van der Waals surface area contributed by atoms with Crippen molar-refractivity contribution in [2.75, 3.05) is 25.0 Å². The molecule has 1 aromatic carbocycles. The molecule has 1 atom stereocenters. The first-order valence-electron chi connectivity index (χ1n) is 12.0. The van der Waals surface area contributed by atoms with Crippen LogP contribution in [0.5, 0.6) is 0 Å². The molecule has 1 fully saturated rings. The van der Waals surface area contributed by atoms with E-state index in [-0.39, 0.29) is 17.9 Å². The SMILES string of the molecule is Cc1ncn2c1C(=O)N(C1CCN(C(=O)[C@H](NC(=O)Nc3ccc(Cl)cc3)C(C)(C)C)CC1)CC2. The van der Waals surface area contributed by atoms with Crippen LogP contribution < -0.4 is 10.6 Å². The molecular weight excluding hydrogens is 468 g/mol. The molecule has 1 aromatic heterocycles. The normalized spacial score (nSPS) is 17.7. The van der Waals surface area contributed by atoms with Gasteiger partial charge in [0.15, 0.2) is 0 Å². The predicted molar refractivity (Wildman–Crippen MR) is 134 cm³/mol. The highest BCUT2D eigenvalue weighted by molar-refractivity contribution is 6.30. The van der Waals surface area contributed by atoms with Gasteiger partial charge in [0.05, 0.1) is 12.0 Å². The molecule has 2 aliphatic heterocycles. The molecule has 4 rings (SSSR count). The molecule has 0 spiro atoms. The van der Waals surface area contributed by atoms with Gasteiger partial charge < -0.3 is 25.0 Å². The van der Waals surface area contributed by atoms with Gasteiger partial charge in [-0.25, -0.2) is 9.78 Å². The van der Waals surface area contributed by atoms with Gasteiger partial charge >= 0.3 is 6.03 Å². The van der Waals surface area contributed by atoms with Crippen LogP contribution in [0.25, 0.3) is 0 Å². The van der Waals surface area contributed by atoms with Crippen molar-refractivity contribution in [2.45, 2.75) is 59.2 Å². The number of carbonyl (C=O) groups excluding carboxylic acids is 3. The number of aryl methyl sites for hydroxylation is 1. The van der Waals surface area contributed by atoms with Gasteiger partial charge in [-0.15, -0.1) is 0 Å². The number of carbonyl (C=O) groups is 3. The Balaban J connectivity index is 1.37. The van der Waals surface area contributed by atoms with Crippen molar-refractivity contribution in [3.63, 3.8) is 0 Å². The van der Waals surface area contributed by atoms with E-state index in [9.17, 15) is 14.4 Å². The average Bonchev–Trinajstić information content (AvgIpc) is 3.20. The molecule has 2 N–H and O–H groups in total. The molecule has 1 saturated heterocycles. The number of benzene rings is 1. The highest BCUT2D eigenvalue weighted by Gasteiger charge is 2.39. The summed E-state index contributed by atoms with van der Waals surface area (Å²) in [5.41, 5.74) is 1.53. The summed E-state index contributed by atoms with van der Waals surface area (Å²) in [6, 6.07) is 5.74. The first-order chi connectivity index (χ1) is 16.5. The number of hydrogen-bond donors (Lipinski definition) is 2. The summed E-state index contributed by atoms with van der Waals surface area (Å²) in [4.78, 5) is 47.2. The van der Waals surface area contributed by atoms with E-state index in [0.717, 1.165) is 12.2 Å². The lowest BCUT2D eigenvalue weighted by atomic mass is 9.85. The maximum atomic E-state index is 13.5. The van der Waals surface area contributed by atoms with Crippen LogP contribution in [0.15, 0.2) is 30.6 Å². The zero-order valence-corrected chi connectivity index (χ0v) is 21.4. The van der Waals surface area contributed by atoms with Gasteiger partial charge in [-0.2, -0.15) is 0 Å². The number of nitrogens with one attached hydrogen (secondary N) is 2. The van der Waals surface area contributed by atoms with Gasteiger partial charge in [0.25, 0.3) is 5.91 Å². The van der Waals surface area contributed by atoms with Crippen molar-refractivity contribution in [1.82, 2.24) is 24.7 Å². The Morgan fingerprint density at radius 2 is 1.74 bits per heavy atom. The number of amides is 4. The summed E-state index contributed by atoms with van der Waals surface area (Å²) in [5.74, 6) is -0.0924. The first kappa shape index (κ1) is 25.0. The van der Waals surface area contributed by atoms with E-state index in [2.05, 4.69) is 15.6 Å². The Morgan fingerprint density at radius 1 is 1.09 bits per heavy atom. The van der Waals surface area contributed by atoms with Crippen molar-refractivity contribution in [3.8, 4) is 0 Å². The van der Waals surface area contributed by atoms with Crippen LogP contribution >= 0.6 is 11.6 Å². The third-order valence-corrected chi connectivity index (χ3v) is 7.03. The third-order valence-electron chi connectivity index (χ3n) is 6.77. The minimum absolute atomic E-state index is 0.0177. The second-order valence-electron chi connectivity index (χ2n) is 10.3. The molecule has 0 aliphatic carbocycles. The summed E-state index contributed by atoms with van der Waals surface area (Å²) < 4.78 is 1.92. The maximum absolute atomic E-state index is 13.5. The summed E-state index contributed by atoms with van der Waals surface area (Å²) in [6.07, 6.45) is 3.14. The topological polar surface area (TPSA) is 99.6 Å². The van der Waals surface area contributed by atoms with Crippen LogP contribution in [-0.2, 0) is 11.3 Å². The fourth-order valence-electron chi connectivity index (χ4n) is 4.79. The fourth-order valence-corrected chi connectivity index (χ4v) is 4.92. The van der Waals surface area contributed by atoms with Crippen LogP contribution in [0.1, 0.15) is 49.8 Å². The zero-order chi connectivity index (χ0) is 25.3. The Labute approximate surface area is 210 Å². The van der Waals surface area contributed by atoms with E-state index >= 15 is 0 Å². The number of halogens is 1. The molecule has 10 heteroatoms. The lowest BCUT2D eigenvalue weighted by Gasteiger charge is -2.42. The first-order valence-corrected chi connectivity index (χ1v) is 12.4. The van der Waals surface area contributed by atoms with Crippen molar-refractivity contribution < 1.29 is 14.4 Å². The van der Waals surface area contributed by atoms with Crippen molar-refractivity contribution in [3.05, 3.63) is 47.0 Å². The number of likely N-dealkylation sites (tertiary alicyclic amines) is 1. The van der Waals surface area contributed by atoms with Crippen molar-refractivity contribution >= 4 is 35.1 Å². The second kappa shape index (κ2) is 9.89. The standard InChI is InChI=1S/C25H33ClN6O3/c1-16-20-22(33)32(14-13-31(20)15-27-16)19-9-11-30(12-10-19)23(34)21(25(2,3)4)29-24(35)28-18-7-5-17(26)6-8-18/h5-8,15,19,21H,9-14H2,1-4H3,(H2,28,29,35)/t21-/m0/s1. The van der Waals surface area contributed by atoms with E-state index < -0.39 is 17.5 Å². The molecule has 0 unspecified atom stereocenters. The highest BCUT2D eigenvalue weighted by Crippen LogP contribution is 2.26. The minimum atomic E-state index is -0.694. The fraction of sp³-hybridized carbons (Fsp3) is 0.520. The molecule has 3 heterocycles. The van der Waals surface area contributed by atoms with Crippen LogP contribution in [0.3, 0.4) is 0 Å². The smallest absolute Gasteiger partial charge is 0.319 e. The van der Waals surface area contributed by atoms with Crippen LogP contribution in [0.4, 0.5) is 10.5 Å². The molecule has 2 aliphatic rings. The number of fused-ring (bicyclic) bond motifs is 1. The molecular formula is C25H33ClN6O3. The van der Waals surface area contributed by atoms with Crippen molar-refractivity contribution in [2.24, 2.45) is 5.41 Å². The van der Waals surface area contributed by atoms with E-state index in [0.29, 0.717) is 48.9 Å². The van der Waals surface area contributed by atoms with Gasteiger partial charge in [-0.1, -0.05) is 32.4 Å². The number of imidazole rings is 1. The van der Waals surface area contributed by atoms with Gasteiger partial charge in [0.1, 0.15) is 11.7 Å². The molecule has 9 nitrogen and oxygen atoms in total. The van der Waals surface area contributed by atoms with Gasteiger partial charge in [-0.05, 0) is 49.4 Å². The lowest BCUT2D eigenvalue weighted by molar-refractivity contribution is -0.137. The van der Waals surface area contributed by atoms with Crippen LogP contribution in [-0.4, -0.2) is 68.9 Å². The highest BCUT2D eigenvalue weighted by atomic mass is 35.5. The number of piperidine rings is 1. The summed E-state index contributed by atoms with van der Waals surface area (Å²) in [7, 11) is 0. The molecule has 188 valence electrons. The average molecular weight is 501 g/mol. The Kier molecular flexibility index (Phi) is 7.07. The minimum Gasteiger partial charge on any atom is -0.341 e. The van der Waals surface area contributed by atoms with E-state index in [1.807, 2.05) is 37.2 Å². The molecule has 35 heavy (non-hydrogen) atoms. The molecule has 0 bridgehead atoms. The Morgan fingerprint density at radius 3 is 2.37 bits per heavy atom. The predicted octanol–water partition coefficient (Wildman–Crippen LogP) is 3.53. The number of aromatic nitrogens is 2. The quantitative estimate of drug-likeness (QED) is 0.670. The number of nitrogens with zero attached hydrogens (tertiary/aromatic N) is 4. The summed E-state index contributed by atoms with van der Waals surface area (Å²) in [5, 5.41) is 6.21. The molecule has 4 amide bonds. The van der Waals surface area contributed by atoms with Gasteiger partial charge in [-0.3, -0.25) is 9.59 Å². The largest absolute Gasteiger partial charge is 0.341 e. The van der Waals surface area contributed by atoms with E-state index in [1.54, 1.807) is 35.5 Å². The van der Waals surface area contributed by atoms with E-state index in [1.165, 1.54) is 0 Å². The molecule has 0 saturated carbocycles. The Bertz CT molecular complexity index is 1100. The number of rotatable bonds is 4. The third kappa shape index (κ3) is 5.45. The number of urea groups is 1. The summed E-state index contributed by atoms with van der Waals surface area (Å²) in [6.45, 7) is 10.1. The van der Waals surface area contributed by atoms with Crippen molar-refractivity contribution in [1.29, 1.82) is 0 Å². The summed E-state index contributed by atoms with van der Waals surface area (Å²) >= 11 is 5.91. The molecule has 0 radical (unpaired) electrons. The van der Waals surface area contributed by atoms with Crippen LogP contribution in [0.2, 0.25) is 5.02 Å². The molecule has 2 aromatic rings. The van der Waals surface area contributed by atoms with Gasteiger partial charge in [0, 0.05) is 42.9 Å². The second-order valence-corrected chi connectivity index (χ2v) is 10.8. The zero-order valence-electron chi connectivity index (χ0n) is 20.7. The lowest BCUT2D eigenvalue weighted by Crippen LogP contribution is -2.58. The van der Waals surface area contributed by atoms with E-state index in [4.69, 9.17) is 11.6 Å². The van der Waals surface area contributed by atoms with Crippen LogP contribution in [0, 0.1) is 12.3 Å². The monoisotopic (exact) mass is 500 g/mol.